The molecule has 0 radical (unpaired) electrons. The molecule has 0 spiro atoms. The highest BCUT2D eigenvalue weighted by Crippen LogP contribution is 2.33. The first-order valence-electron chi connectivity index (χ1n) is 2.96. The quantitative estimate of drug-likeness (QED) is 0.530. The fourth-order valence-corrected chi connectivity index (χ4v) is 0.700. The van der Waals surface area contributed by atoms with Crippen LogP contribution in [-0.2, 0) is 4.74 Å². The van der Waals surface area contributed by atoms with Gasteiger partial charge in [-0.3, -0.25) is 0 Å². The Bertz CT molecular complexity index is 84.5. The summed E-state index contributed by atoms with van der Waals surface area (Å²) in [5.41, 5.74) is -0.153. The Morgan fingerprint density at radius 2 is 2.25 bits per heavy atom. The standard InChI is InChI=1S/C6H12O2/c1-5(2)6(3-7)4-8-6/h5,7H,3-4H2,1-2H3. The molecule has 48 valence electrons. The summed E-state index contributed by atoms with van der Waals surface area (Å²) in [5, 5.41) is 8.70. The first-order chi connectivity index (χ1) is 3.71. The van der Waals surface area contributed by atoms with Crippen molar-refractivity contribution in [3.8, 4) is 0 Å². The van der Waals surface area contributed by atoms with Crippen LogP contribution in [0.4, 0.5) is 0 Å². The molecule has 0 aromatic carbocycles. The van der Waals surface area contributed by atoms with Crippen LogP contribution >= 0.6 is 0 Å². The lowest BCUT2D eigenvalue weighted by Crippen LogP contribution is -2.23. The van der Waals surface area contributed by atoms with E-state index in [2.05, 4.69) is 13.8 Å². The Balaban J connectivity index is 2.41. The molecule has 2 nitrogen and oxygen atoms in total. The Kier molecular flexibility index (Phi) is 1.29. The fraction of sp³-hybridized carbons (Fsp3) is 1.00. The number of aliphatic hydroxyl groups is 1. The SMILES string of the molecule is CC(C)C1(CO)CO1. The van der Waals surface area contributed by atoms with Crippen molar-refractivity contribution in [1.29, 1.82) is 0 Å². The van der Waals surface area contributed by atoms with Gasteiger partial charge < -0.3 is 9.84 Å². The Morgan fingerprint density at radius 3 is 2.25 bits per heavy atom. The molecule has 0 bridgehead atoms. The van der Waals surface area contributed by atoms with Crippen LogP contribution in [0.15, 0.2) is 0 Å². The average molecular weight is 116 g/mol. The molecule has 0 saturated carbocycles. The van der Waals surface area contributed by atoms with Crippen molar-refractivity contribution in [2.45, 2.75) is 19.4 Å². The minimum Gasteiger partial charge on any atom is -0.393 e. The third kappa shape index (κ3) is 0.740. The molecule has 0 amide bonds. The number of rotatable bonds is 2. The van der Waals surface area contributed by atoms with Gasteiger partial charge in [0.25, 0.3) is 0 Å². The van der Waals surface area contributed by atoms with Crippen molar-refractivity contribution in [1.82, 2.24) is 0 Å². The first-order valence-corrected chi connectivity index (χ1v) is 2.96. The highest BCUT2D eigenvalue weighted by Gasteiger charge is 2.46. The van der Waals surface area contributed by atoms with Crippen LogP contribution in [0, 0.1) is 5.92 Å². The summed E-state index contributed by atoms with van der Waals surface area (Å²) in [6.07, 6.45) is 0. The van der Waals surface area contributed by atoms with Crippen LogP contribution in [0.3, 0.4) is 0 Å². The van der Waals surface area contributed by atoms with E-state index in [0.717, 1.165) is 6.61 Å². The molecule has 1 fully saturated rings. The Morgan fingerprint density at radius 1 is 1.75 bits per heavy atom. The second-order valence-corrected chi connectivity index (χ2v) is 2.67. The predicted molar refractivity (Wildman–Crippen MR) is 30.6 cm³/mol. The largest absolute Gasteiger partial charge is 0.393 e. The van der Waals surface area contributed by atoms with Crippen molar-refractivity contribution in [2.75, 3.05) is 13.2 Å². The Hall–Kier alpha value is -0.0800. The molecule has 1 saturated heterocycles. The molecular weight excluding hydrogens is 104 g/mol. The summed E-state index contributed by atoms with van der Waals surface area (Å²) < 4.78 is 5.06. The number of hydrogen-bond acceptors (Lipinski definition) is 2. The van der Waals surface area contributed by atoms with E-state index >= 15 is 0 Å². The predicted octanol–water partition coefficient (Wildman–Crippen LogP) is 0.404. The van der Waals surface area contributed by atoms with Crippen LogP contribution in [0.1, 0.15) is 13.8 Å². The van der Waals surface area contributed by atoms with Gasteiger partial charge in [0.1, 0.15) is 5.60 Å². The molecule has 1 rings (SSSR count). The van der Waals surface area contributed by atoms with Gasteiger partial charge in [-0.15, -0.1) is 0 Å². The lowest BCUT2D eigenvalue weighted by Gasteiger charge is -2.10. The number of aliphatic hydroxyl groups excluding tert-OH is 1. The van der Waals surface area contributed by atoms with Crippen molar-refractivity contribution in [3.05, 3.63) is 0 Å². The molecule has 1 atom stereocenters. The van der Waals surface area contributed by atoms with E-state index in [1.807, 2.05) is 0 Å². The van der Waals surface area contributed by atoms with Crippen molar-refractivity contribution >= 4 is 0 Å². The molecule has 0 aromatic rings. The zero-order chi connectivity index (χ0) is 6.20. The minimum absolute atomic E-state index is 0.153. The van der Waals surface area contributed by atoms with E-state index in [-0.39, 0.29) is 12.2 Å². The monoisotopic (exact) mass is 116 g/mol. The minimum atomic E-state index is -0.153. The van der Waals surface area contributed by atoms with Crippen molar-refractivity contribution in [3.63, 3.8) is 0 Å². The molecule has 1 unspecified atom stereocenters. The Labute approximate surface area is 49.5 Å². The maximum absolute atomic E-state index is 8.70. The van der Waals surface area contributed by atoms with E-state index in [1.165, 1.54) is 0 Å². The van der Waals surface area contributed by atoms with Crippen LogP contribution in [-0.4, -0.2) is 23.9 Å². The van der Waals surface area contributed by atoms with Crippen LogP contribution < -0.4 is 0 Å². The second-order valence-electron chi connectivity index (χ2n) is 2.67. The summed E-state index contributed by atoms with van der Waals surface area (Å²) in [6.45, 7) is 5.03. The van der Waals surface area contributed by atoms with Gasteiger partial charge in [0.2, 0.25) is 0 Å². The summed E-state index contributed by atoms with van der Waals surface area (Å²) in [7, 11) is 0. The number of hydrogen-bond donors (Lipinski definition) is 1. The average Bonchev–Trinajstić information content (AvgIpc) is 2.44. The molecule has 1 N–H and O–H groups in total. The molecule has 1 aliphatic heterocycles. The molecular formula is C6H12O2. The fourth-order valence-electron chi connectivity index (χ4n) is 0.700. The topological polar surface area (TPSA) is 32.8 Å². The zero-order valence-corrected chi connectivity index (χ0v) is 5.35. The first kappa shape index (κ1) is 6.05. The van der Waals surface area contributed by atoms with Gasteiger partial charge in [0.05, 0.1) is 13.2 Å². The normalized spacial score (nSPS) is 36.0. The van der Waals surface area contributed by atoms with Crippen LogP contribution in [0.2, 0.25) is 0 Å². The lowest BCUT2D eigenvalue weighted by atomic mass is 9.98. The van der Waals surface area contributed by atoms with E-state index in [4.69, 9.17) is 9.84 Å². The highest BCUT2D eigenvalue weighted by molar-refractivity contribution is 4.93. The van der Waals surface area contributed by atoms with Gasteiger partial charge >= 0.3 is 0 Å². The molecule has 0 aliphatic carbocycles. The molecule has 2 heteroatoms. The van der Waals surface area contributed by atoms with Gasteiger partial charge in [-0.1, -0.05) is 13.8 Å². The van der Waals surface area contributed by atoms with Gasteiger partial charge in [0, 0.05) is 0 Å². The lowest BCUT2D eigenvalue weighted by molar-refractivity contribution is 0.135. The van der Waals surface area contributed by atoms with E-state index in [0.29, 0.717) is 5.92 Å². The summed E-state index contributed by atoms with van der Waals surface area (Å²) in [4.78, 5) is 0. The maximum atomic E-state index is 8.70. The van der Waals surface area contributed by atoms with Crippen LogP contribution in [0.5, 0.6) is 0 Å². The second kappa shape index (κ2) is 1.71. The highest BCUT2D eigenvalue weighted by atomic mass is 16.6. The smallest absolute Gasteiger partial charge is 0.117 e. The number of ether oxygens (including phenoxy) is 1. The molecule has 8 heavy (non-hydrogen) atoms. The maximum Gasteiger partial charge on any atom is 0.117 e. The van der Waals surface area contributed by atoms with Gasteiger partial charge in [0.15, 0.2) is 0 Å². The zero-order valence-electron chi connectivity index (χ0n) is 5.35. The number of epoxide rings is 1. The van der Waals surface area contributed by atoms with E-state index in [1.54, 1.807) is 0 Å². The van der Waals surface area contributed by atoms with Gasteiger partial charge in [-0.2, -0.15) is 0 Å². The van der Waals surface area contributed by atoms with Gasteiger partial charge in [-0.25, -0.2) is 0 Å². The van der Waals surface area contributed by atoms with E-state index in [9.17, 15) is 0 Å². The molecule has 1 aliphatic rings. The van der Waals surface area contributed by atoms with E-state index < -0.39 is 0 Å². The van der Waals surface area contributed by atoms with Crippen molar-refractivity contribution < 1.29 is 9.84 Å². The molecule has 0 aromatic heterocycles. The summed E-state index contributed by atoms with van der Waals surface area (Å²) in [5.74, 6) is 0.451. The molecule has 1 heterocycles. The van der Waals surface area contributed by atoms with Gasteiger partial charge in [-0.05, 0) is 5.92 Å². The third-order valence-electron chi connectivity index (χ3n) is 1.83. The summed E-state index contributed by atoms with van der Waals surface area (Å²) >= 11 is 0. The third-order valence-corrected chi connectivity index (χ3v) is 1.83. The summed E-state index contributed by atoms with van der Waals surface area (Å²) in [6, 6.07) is 0. The van der Waals surface area contributed by atoms with Crippen LogP contribution in [0.25, 0.3) is 0 Å². The van der Waals surface area contributed by atoms with Crippen molar-refractivity contribution in [2.24, 2.45) is 5.92 Å².